The van der Waals surface area contributed by atoms with Gasteiger partial charge in [-0.1, -0.05) is 11.6 Å². The lowest BCUT2D eigenvalue weighted by atomic mass is 9.95. The third-order valence-corrected chi connectivity index (χ3v) is 6.55. The minimum Gasteiger partial charge on any atom is -0.492 e. The van der Waals surface area contributed by atoms with Crippen molar-refractivity contribution < 1.29 is 14.3 Å². The zero-order valence-electron chi connectivity index (χ0n) is 16.3. The van der Waals surface area contributed by atoms with Crippen LogP contribution in [0.25, 0.3) is 0 Å². The Morgan fingerprint density at radius 3 is 2.82 bits per heavy atom. The van der Waals surface area contributed by atoms with E-state index in [2.05, 4.69) is 10.2 Å². The predicted molar refractivity (Wildman–Crippen MR) is 110 cm³/mol. The molecule has 3 N–H and O–H groups in total. The van der Waals surface area contributed by atoms with Gasteiger partial charge in [0.2, 0.25) is 0 Å². The summed E-state index contributed by atoms with van der Waals surface area (Å²) in [6.45, 7) is 6.47. The molecule has 28 heavy (non-hydrogen) atoms. The number of piperidine rings is 1. The summed E-state index contributed by atoms with van der Waals surface area (Å²) in [6, 6.07) is 1.64. The van der Waals surface area contributed by atoms with Crippen molar-refractivity contribution >= 4 is 23.2 Å². The molecule has 4 rings (SSSR count). The van der Waals surface area contributed by atoms with Crippen LogP contribution in [0.15, 0.2) is 6.07 Å². The van der Waals surface area contributed by atoms with Gasteiger partial charge in [0.15, 0.2) is 0 Å². The van der Waals surface area contributed by atoms with E-state index in [0.29, 0.717) is 47.0 Å². The zero-order valence-corrected chi connectivity index (χ0v) is 17.1. The van der Waals surface area contributed by atoms with Crippen LogP contribution in [-0.2, 0) is 11.2 Å². The van der Waals surface area contributed by atoms with Gasteiger partial charge in [0, 0.05) is 25.3 Å². The van der Waals surface area contributed by atoms with Crippen LogP contribution in [-0.4, -0.2) is 56.8 Å². The van der Waals surface area contributed by atoms with E-state index in [-0.39, 0.29) is 5.91 Å². The second kappa shape index (κ2) is 8.89. The highest BCUT2D eigenvalue weighted by Gasteiger charge is 2.26. The van der Waals surface area contributed by atoms with Gasteiger partial charge in [-0.15, -0.1) is 0 Å². The summed E-state index contributed by atoms with van der Waals surface area (Å²) in [5, 5.41) is 3.53. The van der Waals surface area contributed by atoms with Crippen molar-refractivity contribution in [1.29, 1.82) is 0 Å². The summed E-state index contributed by atoms with van der Waals surface area (Å²) >= 11 is 6.25. The highest BCUT2D eigenvalue weighted by atomic mass is 35.5. The first-order chi connectivity index (χ1) is 13.6. The molecule has 2 fully saturated rings. The first-order valence-electron chi connectivity index (χ1n) is 10.4. The molecule has 1 atom stereocenters. The van der Waals surface area contributed by atoms with Crippen LogP contribution in [0.1, 0.15) is 41.6 Å². The van der Waals surface area contributed by atoms with E-state index < -0.39 is 0 Å². The maximum absolute atomic E-state index is 12.8. The lowest BCUT2D eigenvalue weighted by molar-refractivity contribution is 0.0926. The average Bonchev–Trinajstić information content (AvgIpc) is 3.23. The number of hydrogen-bond acceptors (Lipinski definition) is 5. The number of fused-ring (bicyclic) bond motifs is 1. The number of rotatable bonds is 5. The topological polar surface area (TPSA) is 76.8 Å². The standard InChI is InChI=1S/C21H30ClN3O3/c22-18-10-17(20-16(19(18)23)2-1-8-28-20)21(26)24-11-14-3-6-25(7-4-14)12-15-5-9-27-13-15/h10,14-15H,1-9,11-13,23H2,(H,24,26)/t15-/m0/s1. The fourth-order valence-corrected chi connectivity index (χ4v) is 4.72. The quantitative estimate of drug-likeness (QED) is 0.734. The predicted octanol–water partition coefficient (Wildman–Crippen LogP) is 2.73. The molecule has 6 nitrogen and oxygen atoms in total. The van der Waals surface area contributed by atoms with Crippen LogP contribution >= 0.6 is 11.6 Å². The van der Waals surface area contributed by atoms with E-state index >= 15 is 0 Å². The smallest absolute Gasteiger partial charge is 0.255 e. The number of anilines is 1. The maximum Gasteiger partial charge on any atom is 0.255 e. The second-order valence-corrected chi connectivity index (χ2v) is 8.67. The molecule has 0 radical (unpaired) electrons. The van der Waals surface area contributed by atoms with Crippen molar-refractivity contribution in [3.63, 3.8) is 0 Å². The van der Waals surface area contributed by atoms with Gasteiger partial charge in [0.25, 0.3) is 5.91 Å². The molecule has 1 aromatic rings. The zero-order chi connectivity index (χ0) is 19.5. The van der Waals surface area contributed by atoms with Crippen molar-refractivity contribution in [3.05, 3.63) is 22.2 Å². The van der Waals surface area contributed by atoms with Crippen molar-refractivity contribution in [1.82, 2.24) is 10.2 Å². The van der Waals surface area contributed by atoms with E-state index in [1.165, 1.54) is 6.42 Å². The number of nitrogen functional groups attached to an aromatic ring is 1. The monoisotopic (exact) mass is 407 g/mol. The van der Waals surface area contributed by atoms with E-state index in [4.69, 9.17) is 26.8 Å². The molecule has 0 spiro atoms. The van der Waals surface area contributed by atoms with Gasteiger partial charge >= 0.3 is 0 Å². The SMILES string of the molecule is Nc1c(Cl)cc(C(=O)NCC2CCN(C[C@@H]3CCOC3)CC2)c2c1CCCO2. The number of ether oxygens (including phenoxy) is 2. The molecule has 0 bridgehead atoms. The molecular weight excluding hydrogens is 378 g/mol. The third kappa shape index (κ3) is 4.39. The lowest BCUT2D eigenvalue weighted by Crippen LogP contribution is -2.40. The molecule has 1 amide bonds. The Bertz CT molecular complexity index is 713. The van der Waals surface area contributed by atoms with Gasteiger partial charge in [-0.3, -0.25) is 4.79 Å². The Balaban J connectivity index is 1.30. The van der Waals surface area contributed by atoms with Crippen LogP contribution in [0.3, 0.4) is 0 Å². The van der Waals surface area contributed by atoms with Crippen LogP contribution in [0.5, 0.6) is 5.75 Å². The molecule has 3 aliphatic rings. The summed E-state index contributed by atoms with van der Waals surface area (Å²) in [5.74, 6) is 1.70. The number of likely N-dealkylation sites (tertiary alicyclic amines) is 1. The van der Waals surface area contributed by atoms with Gasteiger partial charge in [-0.05, 0) is 63.1 Å². The third-order valence-electron chi connectivity index (χ3n) is 6.23. The summed E-state index contributed by atoms with van der Waals surface area (Å²) < 4.78 is 11.2. The lowest BCUT2D eigenvalue weighted by Gasteiger charge is -2.33. The number of nitrogens with one attached hydrogen (secondary N) is 1. The first kappa shape index (κ1) is 19.8. The molecule has 0 aromatic heterocycles. The van der Waals surface area contributed by atoms with Crippen LogP contribution in [0, 0.1) is 11.8 Å². The number of benzene rings is 1. The molecular formula is C21H30ClN3O3. The van der Waals surface area contributed by atoms with E-state index in [1.54, 1.807) is 6.07 Å². The number of nitrogens with two attached hydrogens (primary N) is 1. The Morgan fingerprint density at radius 2 is 2.07 bits per heavy atom. The molecule has 2 saturated heterocycles. The molecule has 1 aromatic carbocycles. The minimum absolute atomic E-state index is 0.120. The average molecular weight is 408 g/mol. The maximum atomic E-state index is 12.8. The highest BCUT2D eigenvalue weighted by Crippen LogP contribution is 2.38. The Hall–Kier alpha value is -1.50. The molecule has 0 unspecified atom stereocenters. The summed E-state index contributed by atoms with van der Waals surface area (Å²) in [6.07, 6.45) is 5.11. The molecule has 154 valence electrons. The van der Waals surface area contributed by atoms with Crippen LogP contribution in [0.2, 0.25) is 5.02 Å². The molecule has 7 heteroatoms. The number of hydrogen-bond donors (Lipinski definition) is 2. The van der Waals surface area contributed by atoms with E-state index in [1.807, 2.05) is 0 Å². The van der Waals surface area contributed by atoms with Crippen molar-refractivity contribution in [2.75, 3.05) is 51.7 Å². The largest absolute Gasteiger partial charge is 0.492 e. The van der Waals surface area contributed by atoms with Gasteiger partial charge in [-0.2, -0.15) is 0 Å². The van der Waals surface area contributed by atoms with Gasteiger partial charge in [0.05, 0.1) is 29.5 Å². The Morgan fingerprint density at radius 1 is 1.25 bits per heavy atom. The van der Waals surface area contributed by atoms with Crippen molar-refractivity contribution in [2.45, 2.75) is 32.1 Å². The summed E-state index contributed by atoms with van der Waals surface area (Å²) in [7, 11) is 0. The fraction of sp³-hybridized carbons (Fsp3) is 0.667. The molecule has 0 aliphatic carbocycles. The normalized spacial score (nSPS) is 23.2. The van der Waals surface area contributed by atoms with E-state index in [9.17, 15) is 4.79 Å². The van der Waals surface area contributed by atoms with Gasteiger partial charge in [0.1, 0.15) is 5.75 Å². The number of nitrogens with zero attached hydrogens (tertiary/aromatic N) is 1. The second-order valence-electron chi connectivity index (χ2n) is 8.26. The van der Waals surface area contributed by atoms with Gasteiger partial charge in [-0.25, -0.2) is 0 Å². The van der Waals surface area contributed by atoms with Crippen molar-refractivity contribution in [3.8, 4) is 5.75 Å². The number of halogens is 1. The van der Waals surface area contributed by atoms with Crippen LogP contribution in [0.4, 0.5) is 5.69 Å². The number of carbonyl (C=O) groups excluding carboxylic acids is 1. The molecule has 3 heterocycles. The Kier molecular flexibility index (Phi) is 6.28. The fourth-order valence-electron chi connectivity index (χ4n) is 4.50. The van der Waals surface area contributed by atoms with Crippen LogP contribution < -0.4 is 15.8 Å². The summed E-state index contributed by atoms with van der Waals surface area (Å²) in [4.78, 5) is 15.3. The minimum atomic E-state index is -0.120. The molecule has 3 aliphatic heterocycles. The van der Waals surface area contributed by atoms with Crippen molar-refractivity contribution in [2.24, 2.45) is 11.8 Å². The summed E-state index contributed by atoms with van der Waals surface area (Å²) in [5.41, 5.74) is 7.99. The Labute approximate surface area is 171 Å². The van der Waals surface area contributed by atoms with Gasteiger partial charge < -0.3 is 25.4 Å². The number of carbonyl (C=O) groups is 1. The first-order valence-corrected chi connectivity index (χ1v) is 10.8. The number of amides is 1. The van der Waals surface area contributed by atoms with E-state index in [0.717, 1.165) is 64.1 Å². The highest BCUT2D eigenvalue weighted by molar-refractivity contribution is 6.33. The molecule has 0 saturated carbocycles.